The fourth-order valence-electron chi connectivity index (χ4n) is 2.99. The van der Waals surface area contributed by atoms with E-state index >= 15 is 0 Å². The lowest BCUT2D eigenvalue weighted by Gasteiger charge is -2.50. The average Bonchev–Trinajstić information content (AvgIpc) is 2.88. The fourth-order valence-corrected chi connectivity index (χ4v) is 3.42. The zero-order chi connectivity index (χ0) is 14.7. The van der Waals surface area contributed by atoms with E-state index in [-0.39, 0.29) is 11.5 Å². The van der Waals surface area contributed by atoms with Gasteiger partial charge in [-0.2, -0.15) is 11.8 Å². The van der Waals surface area contributed by atoms with Gasteiger partial charge in [0.2, 0.25) is 5.91 Å². The predicted molar refractivity (Wildman–Crippen MR) is 81.5 cm³/mol. The number of amides is 1. The summed E-state index contributed by atoms with van der Waals surface area (Å²) in [7, 11) is 0. The Bertz CT molecular complexity index is 491. The van der Waals surface area contributed by atoms with Gasteiger partial charge < -0.3 is 14.4 Å². The fraction of sp³-hybridized carbons (Fsp3) is 0.600. The number of ether oxygens (including phenoxy) is 2. The second-order valence-corrected chi connectivity index (χ2v) is 6.45. The lowest BCUT2D eigenvalue weighted by Crippen LogP contribution is -2.67. The molecule has 2 aliphatic heterocycles. The standard InChI is InChI=1S/C15H20N2O3S/c1-21-9-14(18)17-10-15(11-17)12(4-6-20-15)8-19-13-3-2-5-16-7-13/h2-3,5,7,12H,4,6,8-11H2,1H3. The van der Waals surface area contributed by atoms with Crippen LogP contribution in [0.15, 0.2) is 24.5 Å². The van der Waals surface area contributed by atoms with Crippen LogP contribution in [-0.2, 0) is 9.53 Å². The largest absolute Gasteiger partial charge is 0.492 e. The Morgan fingerprint density at radius 1 is 1.62 bits per heavy atom. The van der Waals surface area contributed by atoms with Crippen molar-refractivity contribution in [3.05, 3.63) is 24.5 Å². The zero-order valence-corrected chi connectivity index (χ0v) is 13.0. The first-order valence-corrected chi connectivity index (χ1v) is 8.56. The van der Waals surface area contributed by atoms with E-state index in [9.17, 15) is 4.79 Å². The summed E-state index contributed by atoms with van der Waals surface area (Å²) in [4.78, 5) is 17.8. The van der Waals surface area contributed by atoms with Crippen LogP contribution in [0, 0.1) is 5.92 Å². The molecular formula is C15H20N2O3S. The minimum absolute atomic E-state index is 0.184. The molecule has 0 aromatic carbocycles. The summed E-state index contributed by atoms with van der Waals surface area (Å²) < 4.78 is 11.8. The van der Waals surface area contributed by atoms with E-state index in [4.69, 9.17) is 9.47 Å². The normalized spacial score (nSPS) is 23.1. The van der Waals surface area contributed by atoms with E-state index in [1.807, 2.05) is 23.3 Å². The number of thioether (sulfide) groups is 1. The third kappa shape index (κ3) is 3.01. The molecule has 114 valence electrons. The molecule has 1 aromatic rings. The molecule has 21 heavy (non-hydrogen) atoms. The SMILES string of the molecule is CSCC(=O)N1CC2(C1)OCCC2COc1cccnc1. The van der Waals surface area contributed by atoms with Gasteiger partial charge in [-0.05, 0) is 24.8 Å². The van der Waals surface area contributed by atoms with E-state index < -0.39 is 0 Å². The van der Waals surface area contributed by atoms with Gasteiger partial charge >= 0.3 is 0 Å². The Morgan fingerprint density at radius 2 is 2.48 bits per heavy atom. The summed E-state index contributed by atoms with van der Waals surface area (Å²) in [5.41, 5.74) is -0.184. The van der Waals surface area contributed by atoms with E-state index in [0.29, 0.717) is 31.4 Å². The monoisotopic (exact) mass is 308 g/mol. The first-order valence-electron chi connectivity index (χ1n) is 7.17. The molecule has 0 radical (unpaired) electrons. The minimum atomic E-state index is -0.184. The van der Waals surface area contributed by atoms with E-state index in [1.165, 1.54) is 0 Å². The van der Waals surface area contributed by atoms with Gasteiger partial charge in [-0.1, -0.05) is 0 Å². The molecule has 5 nitrogen and oxygen atoms in total. The molecule has 1 aromatic heterocycles. The van der Waals surface area contributed by atoms with Crippen molar-refractivity contribution in [2.45, 2.75) is 12.0 Å². The molecule has 0 N–H and O–H groups in total. The zero-order valence-electron chi connectivity index (χ0n) is 12.2. The van der Waals surface area contributed by atoms with Crippen LogP contribution >= 0.6 is 11.8 Å². The number of aromatic nitrogens is 1. The molecule has 6 heteroatoms. The summed E-state index contributed by atoms with van der Waals surface area (Å²) in [5.74, 6) is 1.88. The molecule has 3 rings (SSSR count). The third-order valence-corrected chi connectivity index (χ3v) is 4.76. The summed E-state index contributed by atoms with van der Waals surface area (Å²) in [5, 5.41) is 0. The maximum Gasteiger partial charge on any atom is 0.232 e. The second kappa shape index (κ2) is 6.23. The number of nitrogens with zero attached hydrogens (tertiary/aromatic N) is 2. The van der Waals surface area contributed by atoms with Crippen LogP contribution in [0.2, 0.25) is 0 Å². The van der Waals surface area contributed by atoms with Crippen LogP contribution < -0.4 is 4.74 Å². The first kappa shape index (κ1) is 14.7. The molecule has 1 unspecified atom stereocenters. The van der Waals surface area contributed by atoms with Gasteiger partial charge in [0.1, 0.15) is 11.4 Å². The van der Waals surface area contributed by atoms with Crippen LogP contribution in [0.1, 0.15) is 6.42 Å². The summed E-state index contributed by atoms with van der Waals surface area (Å²) in [6, 6.07) is 3.77. The highest BCUT2D eigenvalue weighted by molar-refractivity contribution is 7.99. The molecule has 0 bridgehead atoms. The number of rotatable bonds is 5. The summed E-state index contributed by atoms with van der Waals surface area (Å²) in [6.45, 7) is 2.78. The quantitative estimate of drug-likeness (QED) is 0.824. The minimum Gasteiger partial charge on any atom is -0.492 e. The molecule has 1 atom stereocenters. The van der Waals surface area contributed by atoms with Crippen LogP contribution in [0.25, 0.3) is 0 Å². The molecule has 0 aliphatic carbocycles. The van der Waals surface area contributed by atoms with Gasteiger partial charge in [0.15, 0.2) is 0 Å². The highest BCUT2D eigenvalue weighted by Gasteiger charge is 2.54. The summed E-state index contributed by atoms with van der Waals surface area (Å²) in [6.07, 6.45) is 6.39. The van der Waals surface area contributed by atoms with E-state index in [2.05, 4.69) is 4.98 Å². The van der Waals surface area contributed by atoms with Crippen LogP contribution in [0.5, 0.6) is 5.75 Å². The Labute approximate surface area is 129 Å². The lowest BCUT2D eigenvalue weighted by molar-refractivity contribution is -0.164. The highest BCUT2D eigenvalue weighted by Crippen LogP contribution is 2.40. The average molecular weight is 308 g/mol. The molecule has 3 heterocycles. The number of likely N-dealkylation sites (tertiary alicyclic amines) is 1. The van der Waals surface area contributed by atoms with Gasteiger partial charge in [-0.15, -0.1) is 0 Å². The number of hydrogen-bond acceptors (Lipinski definition) is 5. The molecular weight excluding hydrogens is 288 g/mol. The molecule has 2 fully saturated rings. The number of hydrogen-bond donors (Lipinski definition) is 0. The Balaban J connectivity index is 1.54. The molecule has 1 amide bonds. The van der Waals surface area contributed by atoms with Gasteiger partial charge in [0.25, 0.3) is 0 Å². The maximum absolute atomic E-state index is 11.9. The highest BCUT2D eigenvalue weighted by atomic mass is 32.2. The van der Waals surface area contributed by atoms with Gasteiger partial charge in [0, 0.05) is 18.7 Å². The van der Waals surface area contributed by atoms with Crippen molar-refractivity contribution in [1.82, 2.24) is 9.88 Å². The number of pyridine rings is 1. The van der Waals surface area contributed by atoms with Crippen molar-refractivity contribution < 1.29 is 14.3 Å². The Kier molecular flexibility index (Phi) is 4.35. The van der Waals surface area contributed by atoms with E-state index in [1.54, 1.807) is 24.2 Å². The molecule has 2 aliphatic rings. The van der Waals surface area contributed by atoms with Crippen molar-refractivity contribution in [2.24, 2.45) is 5.92 Å². The Morgan fingerprint density at radius 3 is 3.19 bits per heavy atom. The van der Waals surface area contributed by atoms with Crippen LogP contribution in [-0.4, -0.2) is 59.7 Å². The summed E-state index contributed by atoms with van der Waals surface area (Å²) >= 11 is 1.56. The smallest absolute Gasteiger partial charge is 0.232 e. The van der Waals surface area contributed by atoms with Crippen molar-refractivity contribution in [3.63, 3.8) is 0 Å². The van der Waals surface area contributed by atoms with Gasteiger partial charge in [-0.3, -0.25) is 9.78 Å². The molecule has 0 saturated carbocycles. The second-order valence-electron chi connectivity index (χ2n) is 5.58. The topological polar surface area (TPSA) is 51.7 Å². The predicted octanol–water partition coefficient (Wildman–Crippen LogP) is 1.44. The lowest BCUT2D eigenvalue weighted by atomic mass is 9.81. The third-order valence-electron chi connectivity index (χ3n) is 4.22. The van der Waals surface area contributed by atoms with Crippen LogP contribution in [0.3, 0.4) is 0 Å². The molecule has 2 saturated heterocycles. The van der Waals surface area contributed by atoms with Crippen LogP contribution in [0.4, 0.5) is 0 Å². The van der Waals surface area contributed by atoms with Crippen molar-refractivity contribution in [1.29, 1.82) is 0 Å². The van der Waals surface area contributed by atoms with Gasteiger partial charge in [-0.25, -0.2) is 0 Å². The maximum atomic E-state index is 11.9. The molecule has 1 spiro atoms. The first-order chi connectivity index (χ1) is 10.2. The Hall–Kier alpha value is -1.27. The van der Waals surface area contributed by atoms with E-state index in [0.717, 1.165) is 18.8 Å². The van der Waals surface area contributed by atoms with Crippen molar-refractivity contribution in [2.75, 3.05) is 38.3 Å². The van der Waals surface area contributed by atoms with Crippen molar-refractivity contribution in [3.8, 4) is 5.75 Å². The number of carbonyl (C=O) groups is 1. The number of carbonyl (C=O) groups excluding carboxylic acids is 1. The van der Waals surface area contributed by atoms with Crippen molar-refractivity contribution >= 4 is 17.7 Å². The van der Waals surface area contributed by atoms with Gasteiger partial charge in [0.05, 0.1) is 31.6 Å².